The lowest BCUT2D eigenvalue weighted by molar-refractivity contribution is 1.25. The lowest BCUT2D eigenvalue weighted by Gasteiger charge is -2.44. The highest BCUT2D eigenvalue weighted by Crippen LogP contribution is 2.53. The SMILES string of the molecule is c1ccc(-c2cc(-c3ccccc3)cc(-c3cc4c5c(c3)N(c3ccccc3)c3ccccc3B5c3ccccc3N4c3ccccc3)c2)cc1.c1ccc(-c2cccc(-c3cc4c5c(c3)N(c3ccccc3)c3ccccc3B5c3ccccc3N4c3ccccc3)c2)cc1.c1ccc(N2c3ccccc3B3c4ccccc4N(c4ccccc4)c4cc(-c5ccc6c7ccccc7c7ccccc7c6c5)cc2c43)cc1. The minimum Gasteiger partial charge on any atom is -0.311 e. The molecule has 0 radical (unpaired) electrons. The summed E-state index contributed by atoms with van der Waals surface area (Å²) in [4.78, 5) is 14.8. The number of anilines is 18. The minimum absolute atomic E-state index is 0.0897. The molecule has 0 amide bonds. The van der Waals surface area contributed by atoms with E-state index in [1.165, 1.54) is 216 Å². The molecule has 9 heteroatoms. The number of para-hydroxylation sites is 12. The second kappa shape index (κ2) is 36.2. The van der Waals surface area contributed by atoms with Crippen molar-refractivity contribution in [3.63, 3.8) is 0 Å². The predicted octanol–water partition coefficient (Wildman–Crippen LogP) is 30.8. The molecule has 147 heavy (non-hydrogen) atoms. The largest absolute Gasteiger partial charge is 0.311 e. The van der Waals surface area contributed by atoms with Gasteiger partial charge in [-0.1, -0.05) is 388 Å². The Morgan fingerprint density at radius 1 is 0.102 bits per heavy atom. The molecule has 0 saturated carbocycles. The van der Waals surface area contributed by atoms with Gasteiger partial charge in [0.15, 0.2) is 0 Å². The fraction of sp³-hybridized carbons (Fsp3) is 0. The zero-order chi connectivity index (χ0) is 96.9. The Labute approximate surface area is 858 Å². The summed E-state index contributed by atoms with van der Waals surface area (Å²) >= 11 is 0. The van der Waals surface area contributed by atoms with Gasteiger partial charge in [0.05, 0.1) is 0 Å². The Hall–Kier alpha value is -18.9. The lowest BCUT2D eigenvalue weighted by atomic mass is 9.33. The van der Waals surface area contributed by atoms with Gasteiger partial charge in [-0.15, -0.1) is 0 Å². The third-order valence-electron chi connectivity index (χ3n) is 30.6. The number of rotatable bonds is 12. The Balaban J connectivity index is 0.000000107. The molecule has 684 valence electrons. The summed E-state index contributed by atoms with van der Waals surface area (Å²) in [5, 5.41) is 7.73. The van der Waals surface area contributed by atoms with E-state index >= 15 is 0 Å². The Morgan fingerprint density at radius 3 is 0.537 bits per heavy atom. The molecule has 0 N–H and O–H groups in total. The van der Waals surface area contributed by atoms with Crippen LogP contribution in [0.2, 0.25) is 0 Å². The van der Waals surface area contributed by atoms with Gasteiger partial charge >= 0.3 is 0 Å². The second-order valence-electron chi connectivity index (χ2n) is 38.8. The number of hydrogen-bond acceptors (Lipinski definition) is 6. The van der Waals surface area contributed by atoms with Gasteiger partial charge in [-0.25, -0.2) is 0 Å². The Kier molecular flexibility index (Phi) is 21.2. The molecule has 30 rings (SSSR count). The molecule has 6 aliphatic heterocycles. The van der Waals surface area contributed by atoms with Gasteiger partial charge in [0.1, 0.15) is 0 Å². The predicted molar refractivity (Wildman–Crippen MR) is 627 cm³/mol. The van der Waals surface area contributed by atoms with E-state index in [1.54, 1.807) is 0 Å². The molecule has 6 nitrogen and oxygen atoms in total. The number of benzene rings is 24. The maximum Gasteiger partial charge on any atom is 0.252 e. The normalized spacial score (nSPS) is 12.8. The summed E-state index contributed by atoms with van der Waals surface area (Å²) in [6.07, 6.45) is 0. The summed E-state index contributed by atoms with van der Waals surface area (Å²) in [6.45, 7) is 0.308. The summed E-state index contributed by atoms with van der Waals surface area (Å²) in [7, 11) is 0. The van der Waals surface area contributed by atoms with E-state index in [2.05, 4.69) is 594 Å². The van der Waals surface area contributed by atoms with E-state index in [-0.39, 0.29) is 20.1 Å². The molecule has 6 aliphatic rings. The average molecular weight is 1870 g/mol. The van der Waals surface area contributed by atoms with Crippen molar-refractivity contribution < 1.29 is 0 Å². The standard InChI is InChI=1S/C48H31BN2.C48H33BN2.C42H29BN2/c1-3-15-34(16-4-1)50-44-25-13-11-23-42(44)49-43-24-12-14-26-45(43)51(35-17-5-2-6-18-35)47-31-33(30-46(50)48(47)49)32-27-28-40-38-21-8-7-19-36(38)37-20-9-10-22-39(37)41(40)29-32;1-5-17-34(18-6-1)36-29-37(35-19-7-2-8-20-35)31-38(30-36)39-32-46-48-47(33-39)51(41-23-11-4-12-24-41)45-28-16-14-26-43(45)49(48)42-25-13-15-27-44(42)50(46)40-21-9-3-10-22-40;1-4-15-30(16-5-1)31-17-14-18-32(27-31)33-28-40-42-41(29-33)45(35-21-8-3-9-22-35)39-26-13-11-24-37(39)43(42)36-23-10-12-25-38(36)44(40)34-19-6-2-7-20-34/h1-31H;1-33H;1-29H. The van der Waals surface area contributed by atoms with Gasteiger partial charge in [0.2, 0.25) is 0 Å². The van der Waals surface area contributed by atoms with Crippen molar-refractivity contribution in [3.8, 4) is 66.8 Å². The highest BCUT2D eigenvalue weighted by Gasteiger charge is 2.48. The van der Waals surface area contributed by atoms with Crippen LogP contribution in [0.5, 0.6) is 0 Å². The highest BCUT2D eigenvalue weighted by atomic mass is 15.2. The molecule has 0 unspecified atom stereocenters. The van der Waals surface area contributed by atoms with Crippen LogP contribution >= 0.6 is 0 Å². The topological polar surface area (TPSA) is 19.4 Å². The summed E-state index contributed by atoms with van der Waals surface area (Å²) < 4.78 is 0. The Bertz CT molecular complexity index is 8800. The highest BCUT2D eigenvalue weighted by molar-refractivity contribution is 7.02. The summed E-state index contributed by atoms with van der Waals surface area (Å²) in [6, 6.07) is 206. The first-order valence-corrected chi connectivity index (χ1v) is 50.9. The van der Waals surface area contributed by atoms with E-state index in [9.17, 15) is 0 Å². The zero-order valence-corrected chi connectivity index (χ0v) is 80.6. The first-order valence-electron chi connectivity index (χ1n) is 50.9. The van der Waals surface area contributed by atoms with Crippen LogP contribution in [0.1, 0.15) is 0 Å². The molecule has 0 aromatic heterocycles. The third kappa shape index (κ3) is 14.7. The quantitative estimate of drug-likeness (QED) is 0.0891. The van der Waals surface area contributed by atoms with Gasteiger partial charge < -0.3 is 29.4 Å². The fourth-order valence-corrected chi connectivity index (χ4v) is 24.3. The van der Waals surface area contributed by atoms with Gasteiger partial charge in [-0.05, 0) is 324 Å². The molecule has 6 heterocycles. The van der Waals surface area contributed by atoms with Crippen LogP contribution < -0.4 is 78.6 Å². The fourth-order valence-electron chi connectivity index (χ4n) is 24.3. The van der Waals surface area contributed by atoms with Crippen molar-refractivity contribution in [3.05, 3.63) is 564 Å². The molecule has 0 atom stereocenters. The molecular formula is C138H93B3N6. The van der Waals surface area contributed by atoms with Crippen molar-refractivity contribution >= 4 is 204 Å². The average Bonchev–Trinajstić information content (AvgIpc) is 0.702. The van der Waals surface area contributed by atoms with Crippen LogP contribution in [0.3, 0.4) is 0 Å². The Morgan fingerprint density at radius 2 is 0.272 bits per heavy atom. The monoisotopic (exact) mass is 1870 g/mol. The molecule has 24 aromatic rings. The number of hydrogen-bond donors (Lipinski definition) is 0. The van der Waals surface area contributed by atoms with Crippen LogP contribution in [0, 0.1) is 0 Å². The van der Waals surface area contributed by atoms with Crippen LogP contribution in [-0.4, -0.2) is 20.1 Å². The van der Waals surface area contributed by atoms with E-state index in [1.807, 2.05) is 0 Å². The molecular weight excluding hydrogens is 1770 g/mol. The van der Waals surface area contributed by atoms with Gasteiger partial charge in [0, 0.05) is 102 Å². The molecule has 0 spiro atoms. The molecule has 0 saturated heterocycles. The third-order valence-corrected chi connectivity index (χ3v) is 30.6. The summed E-state index contributed by atoms with van der Waals surface area (Å²) in [5.41, 5.74) is 47.9. The van der Waals surface area contributed by atoms with Crippen molar-refractivity contribution in [1.82, 2.24) is 0 Å². The van der Waals surface area contributed by atoms with E-state index in [4.69, 9.17) is 0 Å². The number of nitrogens with zero attached hydrogens (tertiary/aromatic N) is 6. The van der Waals surface area contributed by atoms with Crippen molar-refractivity contribution in [1.29, 1.82) is 0 Å². The van der Waals surface area contributed by atoms with Crippen molar-refractivity contribution in [2.45, 2.75) is 0 Å². The van der Waals surface area contributed by atoms with Crippen LogP contribution in [-0.2, 0) is 0 Å². The van der Waals surface area contributed by atoms with E-state index in [0.717, 1.165) is 34.1 Å². The minimum atomic E-state index is 0.0897. The van der Waals surface area contributed by atoms with Gasteiger partial charge in [0.25, 0.3) is 20.1 Å². The maximum absolute atomic E-state index is 2.48. The van der Waals surface area contributed by atoms with Crippen molar-refractivity contribution in [2.24, 2.45) is 0 Å². The molecule has 0 fully saturated rings. The molecule has 0 aliphatic carbocycles. The zero-order valence-electron chi connectivity index (χ0n) is 80.6. The maximum atomic E-state index is 2.48. The van der Waals surface area contributed by atoms with Gasteiger partial charge in [-0.2, -0.15) is 0 Å². The van der Waals surface area contributed by atoms with E-state index in [0.29, 0.717) is 0 Å². The van der Waals surface area contributed by atoms with Crippen LogP contribution in [0.15, 0.2) is 564 Å². The number of fused-ring (bicyclic) bond motifs is 18. The van der Waals surface area contributed by atoms with Crippen LogP contribution in [0.25, 0.3) is 99.1 Å². The summed E-state index contributed by atoms with van der Waals surface area (Å²) in [5.74, 6) is 0. The molecule has 0 bridgehead atoms. The lowest BCUT2D eigenvalue weighted by Crippen LogP contribution is -2.61. The van der Waals surface area contributed by atoms with Gasteiger partial charge in [-0.3, -0.25) is 0 Å². The van der Waals surface area contributed by atoms with Crippen molar-refractivity contribution in [2.75, 3.05) is 29.4 Å². The second-order valence-corrected chi connectivity index (χ2v) is 38.8. The van der Waals surface area contributed by atoms with E-state index < -0.39 is 0 Å². The first kappa shape index (κ1) is 86.0. The smallest absolute Gasteiger partial charge is 0.252 e. The van der Waals surface area contributed by atoms with Crippen LogP contribution in [0.4, 0.5) is 102 Å². The molecule has 24 aromatic carbocycles. The first-order chi connectivity index (χ1) is 73.0.